The molecule has 0 saturated heterocycles. The number of aryl methyl sites for hydroxylation is 1. The zero-order valence-corrected chi connectivity index (χ0v) is 16.7. The maximum atomic E-state index is 13.5. The molecular weight excluding hydrogens is 346 g/mol. The zero-order chi connectivity index (χ0) is 19.7. The lowest BCUT2D eigenvalue weighted by Gasteiger charge is -2.33. The SMILES string of the molecule is CCc1ccccc1NC(=O)N1Cc2ccccc2-n2cccc2C1C(C)C. The number of nitrogens with one attached hydrogen (secondary N) is 1. The van der Waals surface area contributed by atoms with Crippen LogP contribution in [0.1, 0.15) is 43.6 Å². The highest BCUT2D eigenvalue weighted by Gasteiger charge is 2.33. The Morgan fingerprint density at radius 2 is 1.82 bits per heavy atom. The van der Waals surface area contributed by atoms with Gasteiger partial charge in [-0.05, 0) is 47.7 Å². The van der Waals surface area contributed by atoms with Gasteiger partial charge in [-0.25, -0.2) is 4.79 Å². The van der Waals surface area contributed by atoms with Gasteiger partial charge in [-0.2, -0.15) is 0 Å². The first-order valence-corrected chi connectivity index (χ1v) is 10.0. The van der Waals surface area contributed by atoms with E-state index in [-0.39, 0.29) is 18.0 Å². The highest BCUT2D eigenvalue weighted by atomic mass is 16.2. The average molecular weight is 374 g/mol. The van der Waals surface area contributed by atoms with Crippen LogP contribution in [-0.2, 0) is 13.0 Å². The number of carbonyl (C=O) groups is 1. The average Bonchev–Trinajstić information content (AvgIpc) is 3.11. The van der Waals surface area contributed by atoms with E-state index in [1.807, 2.05) is 29.2 Å². The number of benzene rings is 2. The molecule has 144 valence electrons. The van der Waals surface area contributed by atoms with E-state index in [2.05, 4.69) is 73.3 Å². The maximum absolute atomic E-state index is 13.5. The summed E-state index contributed by atoms with van der Waals surface area (Å²) in [5, 5.41) is 3.18. The first kappa shape index (κ1) is 18.4. The predicted molar refractivity (Wildman–Crippen MR) is 114 cm³/mol. The minimum Gasteiger partial charge on any atom is -0.318 e. The largest absolute Gasteiger partial charge is 0.322 e. The second kappa shape index (κ2) is 7.55. The van der Waals surface area contributed by atoms with Crippen molar-refractivity contribution in [2.75, 3.05) is 5.32 Å². The lowest BCUT2D eigenvalue weighted by molar-refractivity contribution is 0.162. The van der Waals surface area contributed by atoms with Crippen LogP contribution >= 0.6 is 0 Å². The monoisotopic (exact) mass is 373 g/mol. The molecule has 2 heterocycles. The van der Waals surface area contributed by atoms with Gasteiger partial charge in [0.25, 0.3) is 0 Å². The van der Waals surface area contributed by atoms with Crippen molar-refractivity contribution in [1.82, 2.24) is 9.47 Å². The molecule has 4 nitrogen and oxygen atoms in total. The van der Waals surface area contributed by atoms with Crippen LogP contribution in [0.5, 0.6) is 0 Å². The number of fused-ring (bicyclic) bond motifs is 3. The van der Waals surface area contributed by atoms with Gasteiger partial charge in [-0.3, -0.25) is 0 Å². The molecule has 0 fully saturated rings. The minimum absolute atomic E-state index is 0.00353. The number of amides is 2. The fourth-order valence-corrected chi connectivity index (χ4v) is 4.21. The van der Waals surface area contributed by atoms with Gasteiger partial charge in [-0.1, -0.05) is 57.2 Å². The van der Waals surface area contributed by atoms with E-state index >= 15 is 0 Å². The summed E-state index contributed by atoms with van der Waals surface area (Å²) in [6.45, 7) is 7.05. The molecule has 2 aromatic carbocycles. The van der Waals surface area contributed by atoms with Crippen LogP contribution in [0.15, 0.2) is 66.9 Å². The van der Waals surface area contributed by atoms with Crippen molar-refractivity contribution >= 4 is 11.7 Å². The second-order valence-electron chi connectivity index (χ2n) is 7.69. The molecule has 0 radical (unpaired) electrons. The topological polar surface area (TPSA) is 37.3 Å². The second-order valence-corrected chi connectivity index (χ2v) is 7.69. The van der Waals surface area contributed by atoms with Gasteiger partial charge in [0.05, 0.1) is 18.3 Å². The Labute approximate surface area is 166 Å². The molecule has 1 aromatic heterocycles. The van der Waals surface area contributed by atoms with Crippen LogP contribution in [-0.4, -0.2) is 15.5 Å². The van der Waals surface area contributed by atoms with Crippen LogP contribution in [0.3, 0.4) is 0 Å². The summed E-state index contributed by atoms with van der Waals surface area (Å²) < 4.78 is 2.23. The molecule has 0 aliphatic carbocycles. The Bertz CT molecular complexity index is 989. The van der Waals surface area contributed by atoms with Crippen molar-refractivity contribution in [2.24, 2.45) is 5.92 Å². The smallest absolute Gasteiger partial charge is 0.318 e. The maximum Gasteiger partial charge on any atom is 0.322 e. The van der Waals surface area contributed by atoms with Gasteiger partial charge < -0.3 is 14.8 Å². The summed E-state index contributed by atoms with van der Waals surface area (Å²) in [4.78, 5) is 15.4. The van der Waals surface area contributed by atoms with E-state index in [9.17, 15) is 4.79 Å². The molecule has 0 spiro atoms. The number of aromatic nitrogens is 1. The molecule has 2 amide bonds. The number of hydrogen-bond acceptors (Lipinski definition) is 1. The summed E-state index contributed by atoms with van der Waals surface area (Å²) in [5.41, 5.74) is 5.50. The molecule has 1 N–H and O–H groups in total. The summed E-state index contributed by atoms with van der Waals surface area (Å²) >= 11 is 0. The molecule has 4 rings (SSSR count). The van der Waals surface area contributed by atoms with E-state index in [4.69, 9.17) is 0 Å². The lowest BCUT2D eigenvalue weighted by atomic mass is 9.99. The quantitative estimate of drug-likeness (QED) is 0.620. The third kappa shape index (κ3) is 3.19. The number of rotatable bonds is 3. The summed E-state index contributed by atoms with van der Waals surface area (Å²) in [6.07, 6.45) is 2.98. The van der Waals surface area contributed by atoms with E-state index in [1.54, 1.807) is 0 Å². The summed E-state index contributed by atoms with van der Waals surface area (Å²) in [6, 6.07) is 20.5. The molecule has 0 saturated carbocycles. The highest BCUT2D eigenvalue weighted by molar-refractivity contribution is 5.90. The predicted octanol–water partition coefficient (Wildman–Crippen LogP) is 5.78. The third-order valence-electron chi connectivity index (χ3n) is 5.54. The van der Waals surface area contributed by atoms with Crippen molar-refractivity contribution < 1.29 is 4.79 Å². The van der Waals surface area contributed by atoms with Crippen molar-refractivity contribution in [3.63, 3.8) is 0 Å². The van der Waals surface area contributed by atoms with Crippen LogP contribution in [0.2, 0.25) is 0 Å². The van der Waals surface area contributed by atoms with E-state index in [0.717, 1.165) is 34.6 Å². The Morgan fingerprint density at radius 3 is 2.61 bits per heavy atom. The Balaban J connectivity index is 1.76. The van der Waals surface area contributed by atoms with Crippen molar-refractivity contribution in [1.29, 1.82) is 0 Å². The van der Waals surface area contributed by atoms with Crippen molar-refractivity contribution in [3.8, 4) is 5.69 Å². The zero-order valence-electron chi connectivity index (χ0n) is 16.7. The van der Waals surface area contributed by atoms with E-state index < -0.39 is 0 Å². The van der Waals surface area contributed by atoms with Gasteiger partial charge in [0, 0.05) is 17.6 Å². The van der Waals surface area contributed by atoms with Crippen LogP contribution in [0.25, 0.3) is 5.69 Å². The van der Waals surface area contributed by atoms with Crippen LogP contribution in [0.4, 0.5) is 10.5 Å². The van der Waals surface area contributed by atoms with E-state index in [0.29, 0.717) is 6.54 Å². The van der Waals surface area contributed by atoms with Crippen molar-refractivity contribution in [3.05, 3.63) is 83.7 Å². The van der Waals surface area contributed by atoms with E-state index in [1.165, 1.54) is 0 Å². The van der Waals surface area contributed by atoms with Gasteiger partial charge in [0.1, 0.15) is 0 Å². The Kier molecular flexibility index (Phi) is 4.95. The molecular formula is C24H27N3O. The molecule has 3 aromatic rings. The van der Waals surface area contributed by atoms with Crippen LogP contribution in [0, 0.1) is 5.92 Å². The number of nitrogens with zero attached hydrogens (tertiary/aromatic N) is 2. The fourth-order valence-electron chi connectivity index (χ4n) is 4.21. The molecule has 1 unspecified atom stereocenters. The molecule has 1 aliphatic heterocycles. The normalized spacial score (nSPS) is 15.7. The van der Waals surface area contributed by atoms with Gasteiger partial charge in [0.15, 0.2) is 0 Å². The highest BCUT2D eigenvalue weighted by Crippen LogP contribution is 2.37. The third-order valence-corrected chi connectivity index (χ3v) is 5.54. The fraction of sp³-hybridized carbons (Fsp3) is 0.292. The van der Waals surface area contributed by atoms with Gasteiger partial charge in [0.2, 0.25) is 0 Å². The lowest BCUT2D eigenvalue weighted by Crippen LogP contribution is -2.39. The number of carbonyl (C=O) groups excluding carboxylic acids is 1. The Hall–Kier alpha value is -3.01. The van der Waals surface area contributed by atoms with Gasteiger partial charge in [-0.15, -0.1) is 0 Å². The number of hydrogen-bond donors (Lipinski definition) is 1. The molecule has 1 aliphatic rings. The molecule has 1 atom stereocenters. The van der Waals surface area contributed by atoms with Gasteiger partial charge >= 0.3 is 6.03 Å². The molecule has 28 heavy (non-hydrogen) atoms. The summed E-state index contributed by atoms with van der Waals surface area (Å²) in [5.74, 6) is 0.287. The first-order valence-electron chi connectivity index (χ1n) is 10.0. The summed E-state index contributed by atoms with van der Waals surface area (Å²) in [7, 11) is 0. The first-order chi connectivity index (χ1) is 13.6. The minimum atomic E-state index is -0.0518. The number of para-hydroxylation sites is 2. The van der Waals surface area contributed by atoms with Crippen LogP contribution < -0.4 is 5.32 Å². The molecule has 4 heteroatoms. The standard InChI is InChI=1S/C24H27N3O/c1-4-18-10-5-7-12-20(18)25-24(28)27-16-19-11-6-8-13-21(19)26-15-9-14-22(26)23(27)17(2)3/h5-15,17,23H,4,16H2,1-3H3,(H,25,28). The number of urea groups is 1. The number of anilines is 1. The Morgan fingerprint density at radius 1 is 1.07 bits per heavy atom. The molecule has 0 bridgehead atoms. The van der Waals surface area contributed by atoms with Crippen molar-refractivity contribution in [2.45, 2.75) is 39.8 Å².